The second-order valence-electron chi connectivity index (χ2n) is 7.27. The summed E-state index contributed by atoms with van der Waals surface area (Å²) in [6.07, 6.45) is 0. The Hall–Kier alpha value is -2.47. The molecular weight excluding hydrogens is 390 g/mol. The molecule has 1 aromatic rings. The standard InChI is InChI=1S/C15H21N5O4S.CH2O2/c1-18(2)12-8-25(23,24)13-7-19(6-9(12)13)15(22)10-5-11-14(21)16-3-4-20(11)17-10;2-1-3/h5,9,12-13H,3-4,6-8H2,1-2H3,(H,16,21);1H,(H,2,3)/t9-,12-,13-;/m0./s1. The van der Waals surface area contributed by atoms with Gasteiger partial charge in [-0.05, 0) is 14.1 Å². The second kappa shape index (κ2) is 7.51. The normalized spacial score (nSPS) is 27.5. The average molecular weight is 413 g/mol. The Bertz CT molecular complexity index is 895. The van der Waals surface area contributed by atoms with Crippen molar-refractivity contribution in [2.75, 3.05) is 39.5 Å². The van der Waals surface area contributed by atoms with E-state index in [-0.39, 0.29) is 48.2 Å². The number of rotatable bonds is 2. The number of carboxylic acid groups (broad SMARTS) is 1. The highest BCUT2D eigenvalue weighted by molar-refractivity contribution is 7.92. The molecule has 0 aliphatic carbocycles. The SMILES string of the molecule is CN(C)[C@H]1CS(=O)(=O)[C@H]2CN(C(=O)c3cc4n(n3)CCNC4=O)C[C@@H]12.O=CO. The van der Waals surface area contributed by atoms with Gasteiger partial charge in [-0.25, -0.2) is 8.42 Å². The molecule has 3 atom stereocenters. The van der Waals surface area contributed by atoms with Crippen LogP contribution in [0.3, 0.4) is 0 Å². The predicted octanol–water partition coefficient (Wildman–Crippen LogP) is -1.87. The minimum absolute atomic E-state index is 0.0752. The molecule has 3 aliphatic rings. The summed E-state index contributed by atoms with van der Waals surface area (Å²) in [7, 11) is 0.537. The molecule has 2 saturated heterocycles. The predicted molar refractivity (Wildman–Crippen MR) is 97.7 cm³/mol. The van der Waals surface area contributed by atoms with Gasteiger partial charge in [0, 0.05) is 37.7 Å². The monoisotopic (exact) mass is 413 g/mol. The van der Waals surface area contributed by atoms with Gasteiger partial charge in [-0.3, -0.25) is 19.1 Å². The molecule has 154 valence electrons. The van der Waals surface area contributed by atoms with Crippen LogP contribution in [0.5, 0.6) is 0 Å². The molecular formula is C16H23N5O6S. The Morgan fingerprint density at radius 3 is 2.68 bits per heavy atom. The van der Waals surface area contributed by atoms with Crippen molar-refractivity contribution in [1.82, 2.24) is 24.9 Å². The number of sulfone groups is 1. The van der Waals surface area contributed by atoms with E-state index in [0.717, 1.165) is 0 Å². The first kappa shape index (κ1) is 20.3. The van der Waals surface area contributed by atoms with E-state index in [9.17, 15) is 18.0 Å². The molecule has 2 fully saturated rings. The van der Waals surface area contributed by atoms with Gasteiger partial charge in [-0.2, -0.15) is 5.10 Å². The number of nitrogens with one attached hydrogen (secondary N) is 1. The molecule has 0 aromatic carbocycles. The number of hydrogen-bond donors (Lipinski definition) is 2. The first-order chi connectivity index (χ1) is 13.2. The molecule has 2 N–H and O–H groups in total. The summed E-state index contributed by atoms with van der Waals surface area (Å²) in [5.74, 6) is -0.483. The molecule has 4 rings (SSSR count). The lowest BCUT2D eigenvalue weighted by molar-refractivity contribution is -0.122. The zero-order valence-electron chi connectivity index (χ0n) is 15.6. The minimum atomic E-state index is -3.20. The largest absolute Gasteiger partial charge is 0.483 e. The Balaban J connectivity index is 0.000000706. The molecule has 11 nitrogen and oxygen atoms in total. The number of fused-ring (bicyclic) bond motifs is 2. The van der Waals surface area contributed by atoms with E-state index in [0.29, 0.717) is 25.3 Å². The fourth-order valence-corrected chi connectivity index (χ4v) is 6.61. The number of amides is 2. The maximum Gasteiger partial charge on any atom is 0.290 e. The summed E-state index contributed by atoms with van der Waals surface area (Å²) in [5.41, 5.74) is 0.568. The van der Waals surface area contributed by atoms with E-state index in [1.807, 2.05) is 19.0 Å². The quantitative estimate of drug-likeness (QED) is 0.537. The zero-order valence-corrected chi connectivity index (χ0v) is 16.4. The summed E-state index contributed by atoms with van der Waals surface area (Å²) >= 11 is 0. The first-order valence-corrected chi connectivity index (χ1v) is 10.5. The highest BCUT2D eigenvalue weighted by atomic mass is 32.2. The van der Waals surface area contributed by atoms with Crippen LogP contribution in [0.15, 0.2) is 6.07 Å². The molecule has 0 radical (unpaired) electrons. The molecule has 0 saturated carbocycles. The topological polar surface area (TPSA) is 142 Å². The van der Waals surface area contributed by atoms with Crippen molar-refractivity contribution in [2.45, 2.75) is 17.8 Å². The van der Waals surface area contributed by atoms with Crippen molar-refractivity contribution >= 4 is 28.1 Å². The van der Waals surface area contributed by atoms with Gasteiger partial charge in [0.05, 0.1) is 17.5 Å². The molecule has 0 bridgehead atoms. The van der Waals surface area contributed by atoms with E-state index < -0.39 is 15.1 Å². The smallest absolute Gasteiger partial charge is 0.290 e. The maximum absolute atomic E-state index is 12.8. The highest BCUT2D eigenvalue weighted by Crippen LogP contribution is 2.36. The van der Waals surface area contributed by atoms with Crippen molar-refractivity contribution in [1.29, 1.82) is 0 Å². The van der Waals surface area contributed by atoms with E-state index in [1.165, 1.54) is 10.7 Å². The van der Waals surface area contributed by atoms with E-state index in [4.69, 9.17) is 9.90 Å². The minimum Gasteiger partial charge on any atom is -0.483 e. The fourth-order valence-electron chi connectivity index (χ4n) is 4.13. The van der Waals surface area contributed by atoms with Gasteiger partial charge in [0.1, 0.15) is 5.69 Å². The maximum atomic E-state index is 12.8. The van der Waals surface area contributed by atoms with Crippen molar-refractivity contribution < 1.29 is 27.9 Å². The van der Waals surface area contributed by atoms with Gasteiger partial charge in [-0.1, -0.05) is 0 Å². The van der Waals surface area contributed by atoms with E-state index in [2.05, 4.69) is 10.4 Å². The van der Waals surface area contributed by atoms with Crippen molar-refractivity contribution in [2.24, 2.45) is 5.92 Å². The Morgan fingerprint density at radius 1 is 1.39 bits per heavy atom. The Kier molecular flexibility index (Phi) is 5.44. The zero-order chi connectivity index (χ0) is 20.6. The van der Waals surface area contributed by atoms with Crippen molar-refractivity contribution in [3.05, 3.63) is 17.5 Å². The van der Waals surface area contributed by atoms with Gasteiger partial charge < -0.3 is 20.2 Å². The van der Waals surface area contributed by atoms with Gasteiger partial charge in [0.2, 0.25) is 0 Å². The van der Waals surface area contributed by atoms with Crippen LogP contribution < -0.4 is 5.32 Å². The van der Waals surface area contributed by atoms with Gasteiger partial charge in [0.25, 0.3) is 18.3 Å². The number of carbonyl (C=O) groups is 3. The lowest BCUT2D eigenvalue weighted by atomic mass is 10.00. The molecule has 1 aromatic heterocycles. The summed E-state index contributed by atoms with van der Waals surface area (Å²) in [6.45, 7) is 1.36. The second-order valence-corrected chi connectivity index (χ2v) is 9.54. The van der Waals surface area contributed by atoms with Crippen LogP contribution in [0.4, 0.5) is 0 Å². The van der Waals surface area contributed by atoms with E-state index in [1.54, 1.807) is 4.90 Å². The Labute approximate surface area is 162 Å². The summed E-state index contributed by atoms with van der Waals surface area (Å²) in [6, 6.07) is 1.41. The molecule has 0 spiro atoms. The number of aromatic nitrogens is 2. The van der Waals surface area contributed by atoms with Gasteiger partial charge >= 0.3 is 0 Å². The van der Waals surface area contributed by atoms with Crippen LogP contribution in [-0.2, 0) is 21.2 Å². The number of hydrogen-bond acceptors (Lipinski definition) is 7. The summed E-state index contributed by atoms with van der Waals surface area (Å²) in [5, 5.41) is 13.3. The third kappa shape index (κ3) is 3.49. The number of carbonyl (C=O) groups excluding carboxylic acids is 2. The molecule has 28 heavy (non-hydrogen) atoms. The fraction of sp³-hybridized carbons (Fsp3) is 0.625. The molecule has 3 aliphatic heterocycles. The molecule has 2 amide bonds. The van der Waals surface area contributed by atoms with Crippen molar-refractivity contribution in [3.63, 3.8) is 0 Å². The average Bonchev–Trinajstić information content (AvgIpc) is 3.30. The van der Waals surface area contributed by atoms with Gasteiger partial charge in [0.15, 0.2) is 15.5 Å². The third-order valence-electron chi connectivity index (χ3n) is 5.46. The lowest BCUT2D eigenvalue weighted by Gasteiger charge is -2.24. The van der Waals surface area contributed by atoms with Crippen LogP contribution >= 0.6 is 0 Å². The molecule has 0 unspecified atom stereocenters. The van der Waals surface area contributed by atoms with Gasteiger partial charge in [-0.15, -0.1) is 0 Å². The summed E-state index contributed by atoms with van der Waals surface area (Å²) < 4.78 is 26.4. The highest BCUT2D eigenvalue weighted by Gasteiger charge is 2.53. The number of likely N-dealkylation sites (tertiary alicyclic amines) is 1. The first-order valence-electron chi connectivity index (χ1n) is 8.80. The third-order valence-corrected chi connectivity index (χ3v) is 7.69. The lowest BCUT2D eigenvalue weighted by Crippen LogP contribution is -2.38. The van der Waals surface area contributed by atoms with Crippen LogP contribution in [-0.4, -0.2) is 102 Å². The van der Waals surface area contributed by atoms with Crippen LogP contribution in [0.1, 0.15) is 21.0 Å². The van der Waals surface area contributed by atoms with Crippen LogP contribution in [0.25, 0.3) is 0 Å². The Morgan fingerprint density at radius 2 is 2.07 bits per heavy atom. The summed E-state index contributed by atoms with van der Waals surface area (Å²) in [4.78, 5) is 36.5. The van der Waals surface area contributed by atoms with Crippen molar-refractivity contribution in [3.8, 4) is 0 Å². The van der Waals surface area contributed by atoms with Crippen LogP contribution in [0.2, 0.25) is 0 Å². The molecule has 4 heterocycles. The van der Waals surface area contributed by atoms with E-state index >= 15 is 0 Å². The molecule has 12 heteroatoms. The van der Waals surface area contributed by atoms with Crippen LogP contribution in [0, 0.1) is 5.92 Å². The number of nitrogens with zero attached hydrogens (tertiary/aromatic N) is 4.